The van der Waals surface area contributed by atoms with Gasteiger partial charge in [0.1, 0.15) is 11.8 Å². The van der Waals surface area contributed by atoms with Gasteiger partial charge in [0.15, 0.2) is 0 Å². The molecule has 1 amide bonds. The second-order valence-corrected chi connectivity index (χ2v) is 5.17. The van der Waals surface area contributed by atoms with Crippen LogP contribution in [-0.4, -0.2) is 44.4 Å². The van der Waals surface area contributed by atoms with Crippen LogP contribution in [0.5, 0.6) is 11.6 Å². The van der Waals surface area contributed by atoms with E-state index in [1.165, 1.54) is 23.5 Å². The summed E-state index contributed by atoms with van der Waals surface area (Å²) in [6, 6.07) is 5.85. The predicted molar refractivity (Wildman–Crippen MR) is 80.2 cm³/mol. The van der Waals surface area contributed by atoms with Crippen LogP contribution in [0.15, 0.2) is 42.9 Å². The fourth-order valence-electron chi connectivity index (χ4n) is 2.58. The van der Waals surface area contributed by atoms with Crippen molar-refractivity contribution in [3.8, 4) is 11.6 Å². The number of carbonyl (C=O) groups excluding carboxylic acids is 1. The highest BCUT2D eigenvalue weighted by Crippen LogP contribution is 2.24. The van der Waals surface area contributed by atoms with E-state index >= 15 is 0 Å². The number of nitrogens with zero attached hydrogens (tertiary/aromatic N) is 3. The van der Waals surface area contributed by atoms with E-state index in [0.29, 0.717) is 36.6 Å². The van der Waals surface area contributed by atoms with Gasteiger partial charge in [0, 0.05) is 24.5 Å². The number of hydrogen-bond donors (Lipinski definition) is 1. The number of hydrogen-bond acceptors (Lipinski definition) is 5. The van der Waals surface area contributed by atoms with Gasteiger partial charge in [-0.15, -0.1) is 0 Å². The number of rotatable bonds is 4. The number of ether oxygens (including phenoxy) is 1. The van der Waals surface area contributed by atoms with Crippen molar-refractivity contribution in [2.75, 3.05) is 6.54 Å². The minimum atomic E-state index is -0.970. The Hall–Kier alpha value is -2.96. The zero-order valence-electron chi connectivity index (χ0n) is 12.3. The molecule has 0 bridgehead atoms. The maximum Gasteiger partial charge on any atom is 0.326 e. The molecule has 1 aliphatic rings. The molecule has 0 spiro atoms. The van der Waals surface area contributed by atoms with Gasteiger partial charge in [0.05, 0.1) is 6.20 Å². The number of carboxylic acid groups (broad SMARTS) is 1. The highest BCUT2D eigenvalue weighted by atomic mass is 16.5. The van der Waals surface area contributed by atoms with Crippen molar-refractivity contribution in [1.82, 2.24) is 14.9 Å². The second-order valence-electron chi connectivity index (χ2n) is 5.17. The molecule has 7 nitrogen and oxygen atoms in total. The van der Waals surface area contributed by atoms with Crippen LogP contribution in [0.2, 0.25) is 0 Å². The predicted octanol–water partition coefficient (Wildman–Crippen LogP) is 1.96. The summed E-state index contributed by atoms with van der Waals surface area (Å²) in [7, 11) is 0. The summed E-state index contributed by atoms with van der Waals surface area (Å²) in [6.07, 6.45) is 5.68. The number of benzene rings is 1. The maximum absolute atomic E-state index is 12.5. The first-order valence-corrected chi connectivity index (χ1v) is 7.23. The lowest BCUT2D eigenvalue weighted by molar-refractivity contribution is -0.141. The number of carboxylic acids is 1. The SMILES string of the molecule is O=C(O)[C@H]1CCCN1C(=O)c1cccc(Oc2cnccn2)c1. The van der Waals surface area contributed by atoms with E-state index in [1.807, 2.05) is 0 Å². The Labute approximate surface area is 132 Å². The van der Waals surface area contributed by atoms with Gasteiger partial charge < -0.3 is 14.7 Å². The van der Waals surface area contributed by atoms with Crippen molar-refractivity contribution in [1.29, 1.82) is 0 Å². The molecule has 1 fully saturated rings. The molecule has 7 heteroatoms. The normalized spacial score (nSPS) is 17.0. The Morgan fingerprint density at radius 1 is 1.30 bits per heavy atom. The lowest BCUT2D eigenvalue weighted by atomic mass is 10.1. The zero-order valence-corrected chi connectivity index (χ0v) is 12.3. The summed E-state index contributed by atoms with van der Waals surface area (Å²) >= 11 is 0. The maximum atomic E-state index is 12.5. The van der Waals surface area contributed by atoms with Crippen molar-refractivity contribution >= 4 is 11.9 Å². The molecule has 1 atom stereocenters. The van der Waals surface area contributed by atoms with Gasteiger partial charge in [-0.25, -0.2) is 9.78 Å². The van der Waals surface area contributed by atoms with Gasteiger partial charge in [0.25, 0.3) is 5.91 Å². The first-order valence-electron chi connectivity index (χ1n) is 7.23. The summed E-state index contributed by atoms with van der Waals surface area (Å²) in [5.74, 6) is -0.508. The first-order chi connectivity index (χ1) is 11.1. The monoisotopic (exact) mass is 313 g/mol. The van der Waals surface area contributed by atoms with Gasteiger partial charge in [-0.2, -0.15) is 0 Å². The Kier molecular flexibility index (Phi) is 4.18. The van der Waals surface area contributed by atoms with E-state index in [2.05, 4.69) is 9.97 Å². The third-order valence-electron chi connectivity index (χ3n) is 3.64. The molecule has 1 aromatic heterocycles. The van der Waals surface area contributed by atoms with Crippen LogP contribution in [-0.2, 0) is 4.79 Å². The van der Waals surface area contributed by atoms with Crippen LogP contribution in [0, 0.1) is 0 Å². The van der Waals surface area contributed by atoms with Crippen molar-refractivity contribution in [3.63, 3.8) is 0 Å². The molecule has 0 saturated carbocycles. The molecule has 2 aromatic rings. The number of amides is 1. The standard InChI is InChI=1S/C16H15N3O4/c20-15(19-8-2-5-13(19)16(21)22)11-3-1-4-12(9-11)23-14-10-17-6-7-18-14/h1,3-4,6-7,9-10,13H,2,5,8H2,(H,21,22)/t13-/m1/s1. The zero-order chi connectivity index (χ0) is 16.2. The summed E-state index contributed by atoms with van der Waals surface area (Å²) in [5, 5.41) is 9.20. The van der Waals surface area contributed by atoms with Gasteiger partial charge in [-0.3, -0.25) is 9.78 Å². The third-order valence-corrected chi connectivity index (χ3v) is 3.64. The molecule has 23 heavy (non-hydrogen) atoms. The first kappa shape index (κ1) is 15.0. The quantitative estimate of drug-likeness (QED) is 0.927. The smallest absolute Gasteiger partial charge is 0.326 e. The van der Waals surface area contributed by atoms with Gasteiger partial charge in [0.2, 0.25) is 5.88 Å². The number of likely N-dealkylation sites (tertiary alicyclic amines) is 1. The summed E-state index contributed by atoms with van der Waals surface area (Å²) in [4.78, 5) is 33.1. The van der Waals surface area contributed by atoms with Gasteiger partial charge in [-0.1, -0.05) is 6.07 Å². The lowest BCUT2D eigenvalue weighted by Gasteiger charge is -2.21. The summed E-state index contributed by atoms with van der Waals surface area (Å²) in [5.41, 5.74) is 0.388. The Bertz CT molecular complexity index is 720. The molecule has 1 N–H and O–H groups in total. The molecule has 1 aliphatic heterocycles. The van der Waals surface area contributed by atoms with E-state index in [4.69, 9.17) is 4.74 Å². The molecule has 3 rings (SSSR count). The number of aromatic nitrogens is 2. The minimum absolute atomic E-state index is 0.306. The largest absolute Gasteiger partial charge is 0.480 e. The van der Waals surface area contributed by atoms with E-state index in [-0.39, 0.29) is 5.91 Å². The Balaban J connectivity index is 1.79. The lowest BCUT2D eigenvalue weighted by Crippen LogP contribution is -2.40. The van der Waals surface area contributed by atoms with Crippen LogP contribution in [0.3, 0.4) is 0 Å². The molecular weight excluding hydrogens is 298 g/mol. The van der Waals surface area contributed by atoms with Crippen LogP contribution >= 0.6 is 0 Å². The topological polar surface area (TPSA) is 92.6 Å². The minimum Gasteiger partial charge on any atom is -0.480 e. The third kappa shape index (κ3) is 3.28. The summed E-state index contributed by atoms with van der Waals surface area (Å²) < 4.78 is 5.55. The van der Waals surface area contributed by atoms with Crippen molar-refractivity contribution in [3.05, 3.63) is 48.4 Å². The summed E-state index contributed by atoms with van der Waals surface area (Å²) in [6.45, 7) is 0.449. The highest BCUT2D eigenvalue weighted by Gasteiger charge is 2.34. The highest BCUT2D eigenvalue weighted by molar-refractivity contribution is 5.97. The fraction of sp³-hybridized carbons (Fsp3) is 0.250. The van der Waals surface area contributed by atoms with E-state index < -0.39 is 12.0 Å². The molecule has 1 aromatic carbocycles. The van der Waals surface area contributed by atoms with Gasteiger partial charge >= 0.3 is 5.97 Å². The molecule has 0 aliphatic carbocycles. The Morgan fingerprint density at radius 2 is 2.17 bits per heavy atom. The fourth-order valence-corrected chi connectivity index (χ4v) is 2.58. The molecule has 1 saturated heterocycles. The van der Waals surface area contributed by atoms with Crippen LogP contribution in [0.1, 0.15) is 23.2 Å². The molecular formula is C16H15N3O4. The molecule has 2 heterocycles. The molecule has 0 radical (unpaired) electrons. The average Bonchev–Trinajstić information content (AvgIpc) is 3.05. The van der Waals surface area contributed by atoms with Crippen molar-refractivity contribution < 1.29 is 19.4 Å². The Morgan fingerprint density at radius 3 is 2.91 bits per heavy atom. The van der Waals surface area contributed by atoms with Gasteiger partial charge in [-0.05, 0) is 31.0 Å². The number of aliphatic carboxylic acids is 1. The van der Waals surface area contributed by atoms with Crippen LogP contribution in [0.4, 0.5) is 0 Å². The van der Waals surface area contributed by atoms with Crippen LogP contribution < -0.4 is 4.74 Å². The van der Waals surface area contributed by atoms with E-state index in [9.17, 15) is 14.7 Å². The van der Waals surface area contributed by atoms with E-state index in [1.54, 1.807) is 24.3 Å². The van der Waals surface area contributed by atoms with Crippen molar-refractivity contribution in [2.24, 2.45) is 0 Å². The number of carbonyl (C=O) groups is 2. The molecule has 118 valence electrons. The van der Waals surface area contributed by atoms with Crippen LogP contribution in [0.25, 0.3) is 0 Å². The average molecular weight is 313 g/mol. The second kappa shape index (κ2) is 6.43. The van der Waals surface area contributed by atoms with Crippen molar-refractivity contribution in [2.45, 2.75) is 18.9 Å². The van der Waals surface area contributed by atoms with E-state index in [0.717, 1.165) is 0 Å². The molecule has 0 unspecified atom stereocenters.